The van der Waals surface area contributed by atoms with E-state index in [1.807, 2.05) is 6.07 Å². The van der Waals surface area contributed by atoms with E-state index in [2.05, 4.69) is 223 Å². The van der Waals surface area contributed by atoms with Crippen molar-refractivity contribution in [3.05, 3.63) is 247 Å². The summed E-state index contributed by atoms with van der Waals surface area (Å²) >= 11 is 0. The molecule has 3 heteroatoms. The third kappa shape index (κ3) is 4.76. The molecule has 14 rings (SSSR count). The van der Waals surface area contributed by atoms with Gasteiger partial charge in [0.05, 0.1) is 5.41 Å². The van der Waals surface area contributed by atoms with Crippen molar-refractivity contribution in [1.29, 1.82) is 0 Å². The highest BCUT2D eigenvalue weighted by Gasteiger charge is 2.50. The first kappa shape index (κ1) is 35.2. The van der Waals surface area contributed by atoms with Crippen LogP contribution in [0.15, 0.2) is 229 Å². The van der Waals surface area contributed by atoms with Crippen LogP contribution in [0.3, 0.4) is 0 Å². The predicted molar refractivity (Wildman–Crippen MR) is 261 cm³/mol. The smallest absolute Gasteiger partial charge is 0.136 e. The maximum Gasteiger partial charge on any atom is 0.136 e. The lowest BCUT2D eigenvalue weighted by Gasteiger charge is -2.36. The van der Waals surface area contributed by atoms with Crippen LogP contribution >= 0.6 is 0 Å². The molecular weight excluding hydrogens is 779 g/mol. The molecule has 1 aromatic heterocycles. The lowest BCUT2D eigenvalue weighted by atomic mass is 9.66. The van der Waals surface area contributed by atoms with E-state index in [-0.39, 0.29) is 0 Å². The molecule has 2 heterocycles. The number of anilines is 3. The van der Waals surface area contributed by atoms with Gasteiger partial charge >= 0.3 is 0 Å². The lowest BCUT2D eigenvalue weighted by molar-refractivity contribution is 0.488. The average molecular weight is 816 g/mol. The lowest BCUT2D eigenvalue weighted by Crippen LogP contribution is -2.29. The Bertz CT molecular complexity index is 3730. The maximum atomic E-state index is 6.72. The molecule has 0 saturated carbocycles. The number of rotatable bonds is 3. The number of nitrogens with zero attached hydrogens (tertiary/aromatic N) is 1. The molecule has 0 amide bonds. The first-order valence-electron chi connectivity index (χ1n) is 22.0. The first-order valence-corrected chi connectivity index (χ1v) is 22.0. The van der Waals surface area contributed by atoms with Crippen molar-refractivity contribution < 1.29 is 9.15 Å². The SMILES string of the molecule is c1ccc(N(c2ccc3c(c2)-c2ccccc2-c2ccccc2O3)c2ccc3c(c2)-c2ccccc2-c2ccccc2C32c3ccccc3-c3c2ccc2oc4ccccc4c32)cc1. The molecule has 0 radical (unpaired) electrons. The van der Waals surface area contributed by atoms with Crippen LogP contribution in [0.5, 0.6) is 11.5 Å². The summed E-state index contributed by atoms with van der Waals surface area (Å²) in [4.78, 5) is 2.40. The van der Waals surface area contributed by atoms with E-state index in [4.69, 9.17) is 9.15 Å². The summed E-state index contributed by atoms with van der Waals surface area (Å²) in [7, 11) is 0. The van der Waals surface area contributed by atoms with Crippen LogP contribution < -0.4 is 9.64 Å². The van der Waals surface area contributed by atoms with Crippen molar-refractivity contribution in [2.24, 2.45) is 0 Å². The second kappa shape index (κ2) is 13.3. The highest BCUT2D eigenvalue weighted by molar-refractivity contribution is 6.16. The van der Waals surface area contributed by atoms with Crippen molar-refractivity contribution in [3.8, 4) is 67.1 Å². The quantitative estimate of drug-likeness (QED) is 0.178. The fourth-order valence-electron chi connectivity index (χ4n) is 11.4. The van der Waals surface area contributed by atoms with Gasteiger partial charge in [0, 0.05) is 39.0 Å². The fourth-order valence-corrected chi connectivity index (χ4v) is 11.4. The van der Waals surface area contributed by atoms with Crippen LogP contribution in [-0.4, -0.2) is 0 Å². The van der Waals surface area contributed by atoms with Crippen molar-refractivity contribution >= 4 is 39.0 Å². The van der Waals surface area contributed by atoms with Gasteiger partial charge in [-0.3, -0.25) is 0 Å². The Hall–Kier alpha value is -8.40. The number of fused-ring (bicyclic) bond motifs is 21. The standard InChI is InChI=1S/C61H37NO2/c1-2-16-38(17-3-1)62(40-31-34-57-50(37-40)44-21-7-5-19-42(44)46-23-10-14-28-55(46)63-57)39-30-32-53-49(36-39)43-20-6-4-18-41(43)45-22-8-12-26-51(45)61(53)52-27-13-9-24-47(52)59-54(61)33-35-58-60(59)48-25-11-15-29-56(48)64-58/h1-37H. The van der Waals surface area contributed by atoms with E-state index >= 15 is 0 Å². The van der Waals surface area contributed by atoms with Crippen LogP contribution in [0, 0.1) is 0 Å². The van der Waals surface area contributed by atoms with E-state index < -0.39 is 5.41 Å². The molecule has 3 aliphatic rings. The van der Waals surface area contributed by atoms with Crippen molar-refractivity contribution in [2.75, 3.05) is 4.90 Å². The number of benzene rings is 10. The van der Waals surface area contributed by atoms with Crippen molar-refractivity contribution in [2.45, 2.75) is 5.41 Å². The molecule has 2 aliphatic carbocycles. The molecule has 0 N–H and O–H groups in total. The molecule has 1 aliphatic heterocycles. The van der Waals surface area contributed by atoms with Crippen LogP contribution in [0.2, 0.25) is 0 Å². The Morgan fingerprint density at radius 3 is 1.61 bits per heavy atom. The van der Waals surface area contributed by atoms with Crippen LogP contribution in [0.1, 0.15) is 22.3 Å². The second-order valence-electron chi connectivity index (χ2n) is 17.1. The largest absolute Gasteiger partial charge is 0.456 e. The summed E-state index contributed by atoms with van der Waals surface area (Å²) in [5, 5.41) is 2.31. The molecule has 10 aromatic carbocycles. The number of hydrogen-bond donors (Lipinski definition) is 0. The first-order chi connectivity index (χ1) is 31.8. The maximum absolute atomic E-state index is 6.72. The molecule has 1 atom stereocenters. The number of furan rings is 1. The average Bonchev–Trinajstić information content (AvgIpc) is 3.80. The summed E-state index contributed by atoms with van der Waals surface area (Å²) in [6, 6.07) is 81.7. The van der Waals surface area contributed by atoms with Gasteiger partial charge < -0.3 is 14.1 Å². The highest BCUT2D eigenvalue weighted by atomic mass is 16.5. The molecule has 1 spiro atoms. The Labute approximate surface area is 370 Å². The molecule has 298 valence electrons. The Morgan fingerprint density at radius 1 is 0.312 bits per heavy atom. The molecular formula is C61H37NO2. The third-order valence-electron chi connectivity index (χ3n) is 13.9. The number of para-hydroxylation sites is 3. The number of ether oxygens (including phenoxy) is 1. The highest BCUT2D eigenvalue weighted by Crippen LogP contribution is 2.63. The topological polar surface area (TPSA) is 25.6 Å². The molecule has 1 unspecified atom stereocenters. The monoisotopic (exact) mass is 815 g/mol. The Kier molecular flexibility index (Phi) is 7.32. The van der Waals surface area contributed by atoms with Gasteiger partial charge in [-0.05, 0) is 127 Å². The Balaban J connectivity index is 1.06. The van der Waals surface area contributed by atoms with Crippen LogP contribution in [0.4, 0.5) is 17.1 Å². The van der Waals surface area contributed by atoms with Crippen molar-refractivity contribution in [1.82, 2.24) is 0 Å². The fraction of sp³-hybridized carbons (Fsp3) is 0.0164. The van der Waals surface area contributed by atoms with E-state index in [9.17, 15) is 0 Å². The van der Waals surface area contributed by atoms with Crippen molar-refractivity contribution in [3.63, 3.8) is 0 Å². The van der Waals surface area contributed by atoms with Gasteiger partial charge in [0.1, 0.15) is 22.7 Å². The normalized spacial score (nSPS) is 14.8. The summed E-state index contributed by atoms with van der Waals surface area (Å²) in [6.45, 7) is 0. The van der Waals surface area contributed by atoms with Gasteiger partial charge in [-0.1, -0.05) is 164 Å². The summed E-state index contributed by atoms with van der Waals surface area (Å²) < 4.78 is 13.3. The van der Waals surface area contributed by atoms with Crippen LogP contribution in [-0.2, 0) is 5.41 Å². The molecule has 64 heavy (non-hydrogen) atoms. The van der Waals surface area contributed by atoms with E-state index in [0.717, 1.165) is 67.4 Å². The van der Waals surface area contributed by atoms with E-state index in [1.54, 1.807) is 0 Å². The van der Waals surface area contributed by atoms with Gasteiger partial charge in [-0.15, -0.1) is 0 Å². The Morgan fingerprint density at radius 2 is 0.828 bits per heavy atom. The minimum absolute atomic E-state index is 0.639. The molecule has 0 saturated heterocycles. The minimum Gasteiger partial charge on any atom is -0.456 e. The second-order valence-corrected chi connectivity index (χ2v) is 17.1. The zero-order chi connectivity index (χ0) is 41.9. The van der Waals surface area contributed by atoms with Gasteiger partial charge in [-0.25, -0.2) is 0 Å². The van der Waals surface area contributed by atoms with E-state index in [1.165, 1.54) is 61.0 Å². The van der Waals surface area contributed by atoms with Crippen LogP contribution in [0.25, 0.3) is 77.6 Å². The summed E-state index contributed by atoms with van der Waals surface area (Å²) in [5.74, 6) is 1.69. The molecule has 3 nitrogen and oxygen atoms in total. The van der Waals surface area contributed by atoms with Gasteiger partial charge in [0.25, 0.3) is 0 Å². The van der Waals surface area contributed by atoms with Gasteiger partial charge in [0.15, 0.2) is 0 Å². The molecule has 11 aromatic rings. The van der Waals surface area contributed by atoms with Gasteiger partial charge in [0.2, 0.25) is 0 Å². The zero-order valence-electron chi connectivity index (χ0n) is 34.6. The summed E-state index contributed by atoms with van der Waals surface area (Å²) in [6.07, 6.45) is 0. The minimum atomic E-state index is -0.639. The third-order valence-corrected chi connectivity index (χ3v) is 13.9. The van der Waals surface area contributed by atoms with E-state index in [0.29, 0.717) is 0 Å². The predicted octanol–water partition coefficient (Wildman–Crippen LogP) is 16.5. The van der Waals surface area contributed by atoms with Gasteiger partial charge in [-0.2, -0.15) is 0 Å². The molecule has 0 fully saturated rings. The number of hydrogen-bond acceptors (Lipinski definition) is 3. The zero-order valence-corrected chi connectivity index (χ0v) is 34.6. The summed E-state index contributed by atoms with van der Waals surface area (Å²) in [5.41, 5.74) is 21.2. The molecule has 0 bridgehead atoms.